The van der Waals surface area contributed by atoms with Gasteiger partial charge in [-0.1, -0.05) is 42.8 Å². The summed E-state index contributed by atoms with van der Waals surface area (Å²) < 4.78 is 5.19. The fourth-order valence-corrected chi connectivity index (χ4v) is 5.48. The number of benzene rings is 2. The van der Waals surface area contributed by atoms with Gasteiger partial charge in [0.25, 0.3) is 5.91 Å². The predicted octanol–water partition coefficient (Wildman–Crippen LogP) is 3.77. The normalized spacial score (nSPS) is 23.3. The van der Waals surface area contributed by atoms with Gasteiger partial charge in [-0.25, -0.2) is 0 Å². The first-order valence-corrected chi connectivity index (χ1v) is 10.8. The molecule has 158 valence electrons. The lowest BCUT2D eigenvalue weighted by molar-refractivity contribution is -0.148. The zero-order valence-corrected chi connectivity index (χ0v) is 17.1. The van der Waals surface area contributed by atoms with Gasteiger partial charge in [0.05, 0.1) is 11.3 Å². The molecule has 6 heteroatoms. The Hall–Kier alpha value is -3.28. The Morgan fingerprint density at radius 3 is 2.35 bits per heavy atom. The third-order valence-corrected chi connectivity index (χ3v) is 6.90. The summed E-state index contributed by atoms with van der Waals surface area (Å²) in [5, 5.41) is 2.64. The Morgan fingerprint density at radius 1 is 0.903 bits per heavy atom. The summed E-state index contributed by atoms with van der Waals surface area (Å²) >= 11 is 0. The van der Waals surface area contributed by atoms with Crippen LogP contribution in [0.5, 0.6) is 0 Å². The van der Waals surface area contributed by atoms with E-state index in [2.05, 4.69) is 5.32 Å². The lowest BCUT2D eigenvalue weighted by atomic mass is 9.83. The molecular weight excluding hydrogens is 394 g/mol. The monoisotopic (exact) mass is 417 g/mol. The zero-order valence-electron chi connectivity index (χ0n) is 17.1. The van der Waals surface area contributed by atoms with Crippen LogP contribution >= 0.6 is 0 Å². The molecule has 3 unspecified atom stereocenters. The van der Waals surface area contributed by atoms with Crippen LogP contribution in [0.2, 0.25) is 0 Å². The van der Waals surface area contributed by atoms with Gasteiger partial charge in [-0.3, -0.25) is 19.2 Å². The highest BCUT2D eigenvalue weighted by molar-refractivity contribution is 6.30. The summed E-state index contributed by atoms with van der Waals surface area (Å²) in [6.45, 7) is -0.415. The second-order valence-electron chi connectivity index (χ2n) is 8.78. The number of hydrogen-bond acceptors (Lipinski definition) is 5. The van der Waals surface area contributed by atoms with Crippen LogP contribution in [0.25, 0.3) is 0 Å². The third kappa shape index (κ3) is 3.56. The third-order valence-electron chi connectivity index (χ3n) is 6.90. The largest absolute Gasteiger partial charge is 0.456 e. The van der Waals surface area contributed by atoms with E-state index in [9.17, 15) is 19.2 Å². The number of ether oxygens (including phenoxy) is 1. The van der Waals surface area contributed by atoms with Crippen molar-refractivity contribution >= 4 is 29.1 Å². The van der Waals surface area contributed by atoms with E-state index in [4.69, 9.17) is 4.74 Å². The summed E-state index contributed by atoms with van der Waals surface area (Å²) in [5.41, 5.74) is 1.36. The molecule has 3 atom stereocenters. The van der Waals surface area contributed by atoms with Crippen molar-refractivity contribution in [3.63, 3.8) is 0 Å². The van der Waals surface area contributed by atoms with Crippen LogP contribution in [0.4, 0.5) is 5.69 Å². The number of nitrogens with one attached hydrogen (secondary N) is 1. The quantitative estimate of drug-likeness (QED) is 0.639. The van der Waals surface area contributed by atoms with E-state index in [1.54, 1.807) is 42.5 Å². The van der Waals surface area contributed by atoms with Crippen molar-refractivity contribution in [3.05, 3.63) is 64.7 Å². The molecule has 3 aliphatic rings. The van der Waals surface area contributed by atoms with Gasteiger partial charge in [0.1, 0.15) is 0 Å². The van der Waals surface area contributed by atoms with E-state index in [0.717, 1.165) is 12.3 Å². The number of fused-ring (bicyclic) bond motifs is 4. The molecule has 2 saturated carbocycles. The highest BCUT2D eigenvalue weighted by Gasteiger charge is 2.40. The van der Waals surface area contributed by atoms with Crippen LogP contribution in [0.1, 0.15) is 63.9 Å². The minimum Gasteiger partial charge on any atom is -0.456 e. The van der Waals surface area contributed by atoms with E-state index in [0.29, 0.717) is 29.4 Å². The maximum Gasteiger partial charge on any atom is 0.306 e. The molecule has 1 amide bonds. The van der Waals surface area contributed by atoms with Crippen molar-refractivity contribution in [3.8, 4) is 0 Å². The standard InChI is InChI=1S/C25H23NO5/c27-21(13-31-22(28)12-16-11-14-8-9-15(16)10-14)26-20-7-3-6-19-23(20)25(30)18-5-2-1-4-17(18)24(19)29/h1-7,14-16H,8-13H2,(H,26,27). The number of esters is 1. The molecule has 2 bridgehead atoms. The van der Waals surface area contributed by atoms with Crippen molar-refractivity contribution < 1.29 is 23.9 Å². The van der Waals surface area contributed by atoms with Crippen LogP contribution in [0, 0.1) is 17.8 Å². The van der Waals surface area contributed by atoms with Crippen LogP contribution < -0.4 is 5.32 Å². The fraction of sp³-hybridized carbons (Fsp3) is 0.360. The summed E-state index contributed by atoms with van der Waals surface area (Å²) in [7, 11) is 0. The number of amides is 1. The maximum absolute atomic E-state index is 13.0. The van der Waals surface area contributed by atoms with Gasteiger partial charge in [0.2, 0.25) is 0 Å². The Labute approximate surface area is 180 Å². The molecule has 5 rings (SSSR count). The van der Waals surface area contributed by atoms with Crippen molar-refractivity contribution in [2.24, 2.45) is 17.8 Å². The first-order chi connectivity index (χ1) is 15.0. The van der Waals surface area contributed by atoms with Gasteiger partial charge < -0.3 is 10.1 Å². The predicted molar refractivity (Wildman–Crippen MR) is 113 cm³/mol. The molecule has 6 nitrogen and oxygen atoms in total. The molecule has 0 radical (unpaired) electrons. The van der Waals surface area contributed by atoms with Gasteiger partial charge in [0.15, 0.2) is 18.2 Å². The van der Waals surface area contributed by atoms with Crippen molar-refractivity contribution in [2.45, 2.75) is 32.1 Å². The molecule has 31 heavy (non-hydrogen) atoms. The van der Waals surface area contributed by atoms with Crippen LogP contribution in [-0.4, -0.2) is 30.0 Å². The summed E-state index contributed by atoms with van der Waals surface area (Å²) in [6.07, 6.45) is 5.12. The van der Waals surface area contributed by atoms with Gasteiger partial charge in [0, 0.05) is 23.1 Å². The second kappa shape index (κ2) is 7.76. The minimum atomic E-state index is -0.534. The van der Waals surface area contributed by atoms with E-state index >= 15 is 0 Å². The SMILES string of the molecule is O=C(COC(=O)CC1CC2CCC1C2)Nc1cccc2c1C(=O)c1ccccc1C2=O. The van der Waals surface area contributed by atoms with Gasteiger partial charge >= 0.3 is 5.97 Å². The Morgan fingerprint density at radius 2 is 1.65 bits per heavy atom. The topological polar surface area (TPSA) is 89.5 Å². The van der Waals surface area contributed by atoms with E-state index in [1.807, 2.05) is 0 Å². The van der Waals surface area contributed by atoms with E-state index in [1.165, 1.54) is 19.3 Å². The number of hydrogen-bond donors (Lipinski definition) is 1. The van der Waals surface area contributed by atoms with Crippen molar-refractivity contribution in [2.75, 3.05) is 11.9 Å². The molecule has 1 N–H and O–H groups in total. The van der Waals surface area contributed by atoms with Crippen molar-refractivity contribution in [1.29, 1.82) is 0 Å². The molecular formula is C25H23NO5. The molecule has 0 heterocycles. The number of carbonyl (C=O) groups is 4. The first kappa shape index (κ1) is 19.7. The highest BCUT2D eigenvalue weighted by Crippen LogP contribution is 2.49. The molecule has 2 fully saturated rings. The lowest BCUT2D eigenvalue weighted by Crippen LogP contribution is -2.26. The number of carbonyl (C=O) groups excluding carboxylic acids is 4. The summed E-state index contributed by atoms with van der Waals surface area (Å²) in [5.74, 6) is 0.290. The van der Waals surface area contributed by atoms with Crippen LogP contribution in [0.3, 0.4) is 0 Å². The lowest BCUT2D eigenvalue weighted by Gasteiger charge is -2.21. The average molecular weight is 417 g/mol. The number of rotatable bonds is 5. The van der Waals surface area contributed by atoms with Gasteiger partial charge in [-0.05, 0) is 43.1 Å². The maximum atomic E-state index is 13.0. The highest BCUT2D eigenvalue weighted by atomic mass is 16.5. The molecule has 0 saturated heterocycles. The molecule has 0 aliphatic heterocycles. The average Bonchev–Trinajstić information content (AvgIpc) is 3.39. The van der Waals surface area contributed by atoms with Crippen LogP contribution in [-0.2, 0) is 14.3 Å². The van der Waals surface area contributed by atoms with Crippen LogP contribution in [0.15, 0.2) is 42.5 Å². The molecule has 0 aromatic heterocycles. The van der Waals surface area contributed by atoms with Gasteiger partial charge in [-0.15, -0.1) is 0 Å². The van der Waals surface area contributed by atoms with E-state index < -0.39 is 12.5 Å². The number of ketones is 2. The first-order valence-electron chi connectivity index (χ1n) is 10.8. The summed E-state index contributed by atoms with van der Waals surface area (Å²) in [6, 6.07) is 11.4. The van der Waals surface area contributed by atoms with Gasteiger partial charge in [-0.2, -0.15) is 0 Å². The fourth-order valence-electron chi connectivity index (χ4n) is 5.48. The minimum absolute atomic E-state index is 0.174. The Bertz CT molecular complexity index is 1100. The molecule has 2 aromatic carbocycles. The summed E-state index contributed by atoms with van der Waals surface area (Å²) in [4.78, 5) is 50.4. The Balaban J connectivity index is 1.25. The molecule has 3 aliphatic carbocycles. The van der Waals surface area contributed by atoms with E-state index in [-0.39, 0.29) is 34.4 Å². The Kier molecular flexibility index (Phi) is 4.93. The molecule has 0 spiro atoms. The number of anilines is 1. The second-order valence-corrected chi connectivity index (χ2v) is 8.78. The van der Waals surface area contributed by atoms with Crippen molar-refractivity contribution in [1.82, 2.24) is 0 Å². The zero-order chi connectivity index (χ0) is 21.5. The smallest absolute Gasteiger partial charge is 0.306 e. The molecule has 2 aromatic rings.